The zero-order chi connectivity index (χ0) is 13.7. The van der Waals surface area contributed by atoms with Crippen LogP contribution in [-0.2, 0) is 0 Å². The van der Waals surface area contributed by atoms with Gasteiger partial charge >= 0.3 is 5.97 Å². The van der Waals surface area contributed by atoms with Crippen molar-refractivity contribution in [3.05, 3.63) is 46.2 Å². The number of carbonyl (C=O) groups is 1. The summed E-state index contributed by atoms with van der Waals surface area (Å²) in [6.45, 7) is 1.83. The van der Waals surface area contributed by atoms with Gasteiger partial charge in [-0.15, -0.1) is 0 Å². The Bertz CT molecular complexity index is 838. The summed E-state index contributed by atoms with van der Waals surface area (Å²) in [5.74, 6) is -1.57. The first kappa shape index (κ1) is 12.0. The van der Waals surface area contributed by atoms with Crippen molar-refractivity contribution < 1.29 is 14.3 Å². The second kappa shape index (κ2) is 3.96. The van der Waals surface area contributed by atoms with E-state index < -0.39 is 11.8 Å². The van der Waals surface area contributed by atoms with Gasteiger partial charge in [0.25, 0.3) is 0 Å². The van der Waals surface area contributed by atoms with E-state index in [1.807, 2.05) is 6.92 Å². The fourth-order valence-electron chi connectivity index (χ4n) is 2.38. The Morgan fingerprint density at radius 1 is 1.21 bits per heavy atom. The predicted molar refractivity (Wildman–Crippen MR) is 72.5 cm³/mol. The molecule has 3 rings (SSSR count). The summed E-state index contributed by atoms with van der Waals surface area (Å²) in [6.07, 6.45) is 0. The highest BCUT2D eigenvalue weighted by atomic mass is 35.5. The van der Waals surface area contributed by atoms with Crippen molar-refractivity contribution in [2.75, 3.05) is 0 Å². The number of carboxylic acid groups (broad SMARTS) is 1. The van der Waals surface area contributed by atoms with Crippen LogP contribution in [0.3, 0.4) is 0 Å². The first-order valence-electron chi connectivity index (χ1n) is 5.63. The molecule has 0 aliphatic heterocycles. The fourth-order valence-corrected chi connectivity index (χ4v) is 2.59. The number of aromatic amines is 1. The van der Waals surface area contributed by atoms with E-state index in [1.165, 1.54) is 12.1 Å². The molecule has 0 aliphatic carbocycles. The number of H-pyrrole nitrogens is 1. The van der Waals surface area contributed by atoms with Gasteiger partial charge in [-0.2, -0.15) is 0 Å². The van der Waals surface area contributed by atoms with Crippen molar-refractivity contribution in [1.29, 1.82) is 0 Å². The number of aromatic nitrogens is 1. The van der Waals surface area contributed by atoms with Crippen LogP contribution in [0.1, 0.15) is 15.9 Å². The molecule has 0 atom stereocenters. The standard InChI is InChI=1S/C14H9ClFNO2/c1-6-2-4-8(15)13-10(6)11-9(16)5-3-7(14(18)19)12(11)17-13/h2-5,17H,1H3,(H,18,19). The van der Waals surface area contributed by atoms with Crippen molar-refractivity contribution in [3.8, 4) is 0 Å². The maximum Gasteiger partial charge on any atom is 0.337 e. The van der Waals surface area contributed by atoms with Gasteiger partial charge in [-0.25, -0.2) is 9.18 Å². The topological polar surface area (TPSA) is 53.1 Å². The van der Waals surface area contributed by atoms with Gasteiger partial charge in [0, 0.05) is 10.8 Å². The minimum atomic E-state index is -1.11. The van der Waals surface area contributed by atoms with Gasteiger partial charge in [-0.05, 0) is 30.7 Å². The first-order valence-corrected chi connectivity index (χ1v) is 6.01. The molecule has 0 radical (unpaired) electrons. The molecule has 0 spiro atoms. The molecule has 2 aromatic carbocycles. The highest BCUT2D eigenvalue weighted by Crippen LogP contribution is 2.35. The van der Waals surface area contributed by atoms with Crippen LogP contribution < -0.4 is 0 Å². The zero-order valence-corrected chi connectivity index (χ0v) is 10.7. The van der Waals surface area contributed by atoms with Gasteiger partial charge in [0.1, 0.15) is 5.82 Å². The van der Waals surface area contributed by atoms with Gasteiger partial charge in [0.15, 0.2) is 0 Å². The average molecular weight is 278 g/mol. The van der Waals surface area contributed by atoms with Crippen molar-refractivity contribution in [3.63, 3.8) is 0 Å². The summed E-state index contributed by atoms with van der Waals surface area (Å²) in [5, 5.41) is 10.5. The number of aryl methyl sites for hydroxylation is 1. The summed E-state index contributed by atoms with van der Waals surface area (Å²) in [4.78, 5) is 14.1. The van der Waals surface area contributed by atoms with E-state index in [-0.39, 0.29) is 16.5 Å². The SMILES string of the molecule is Cc1ccc(Cl)c2[nH]c3c(C(=O)O)ccc(F)c3c12. The molecule has 5 heteroatoms. The van der Waals surface area contributed by atoms with Crippen LogP contribution in [0.2, 0.25) is 5.02 Å². The second-order valence-corrected chi connectivity index (χ2v) is 4.80. The largest absolute Gasteiger partial charge is 0.478 e. The monoisotopic (exact) mass is 277 g/mol. The summed E-state index contributed by atoms with van der Waals surface area (Å²) in [5.41, 5.74) is 1.69. The van der Waals surface area contributed by atoms with Gasteiger partial charge in [-0.3, -0.25) is 0 Å². The molecule has 19 heavy (non-hydrogen) atoms. The molecule has 3 nitrogen and oxygen atoms in total. The van der Waals surface area contributed by atoms with Crippen LogP contribution in [0, 0.1) is 12.7 Å². The number of fused-ring (bicyclic) bond motifs is 3. The third-order valence-electron chi connectivity index (χ3n) is 3.25. The minimum Gasteiger partial charge on any atom is -0.478 e. The van der Waals surface area contributed by atoms with Gasteiger partial charge < -0.3 is 10.1 Å². The molecule has 0 aliphatic rings. The molecule has 0 amide bonds. The van der Waals surface area contributed by atoms with Crippen molar-refractivity contribution in [2.45, 2.75) is 6.92 Å². The predicted octanol–water partition coefficient (Wildman–Crippen LogP) is 4.12. The quantitative estimate of drug-likeness (QED) is 0.703. The third-order valence-corrected chi connectivity index (χ3v) is 3.56. The number of nitrogens with one attached hydrogen (secondary N) is 1. The molecular formula is C14H9ClFNO2. The molecule has 96 valence electrons. The Kier molecular flexibility index (Phi) is 2.50. The molecule has 1 aromatic heterocycles. The second-order valence-electron chi connectivity index (χ2n) is 4.39. The van der Waals surface area contributed by atoms with Crippen LogP contribution in [0.25, 0.3) is 21.8 Å². The third kappa shape index (κ3) is 1.60. The van der Waals surface area contributed by atoms with Crippen molar-refractivity contribution >= 4 is 39.4 Å². The highest BCUT2D eigenvalue weighted by Gasteiger charge is 2.18. The smallest absolute Gasteiger partial charge is 0.337 e. The summed E-state index contributed by atoms with van der Waals surface area (Å²) >= 11 is 6.08. The average Bonchev–Trinajstić information content (AvgIpc) is 2.76. The van der Waals surface area contributed by atoms with E-state index in [0.29, 0.717) is 15.9 Å². The maximum absolute atomic E-state index is 14.0. The molecule has 1 heterocycles. The Labute approximate surface area is 112 Å². The van der Waals surface area contributed by atoms with Crippen LogP contribution in [-0.4, -0.2) is 16.1 Å². The van der Waals surface area contributed by atoms with E-state index in [1.54, 1.807) is 12.1 Å². The van der Waals surface area contributed by atoms with Crippen LogP contribution in [0.4, 0.5) is 4.39 Å². The van der Waals surface area contributed by atoms with Crippen molar-refractivity contribution in [1.82, 2.24) is 4.98 Å². The lowest BCUT2D eigenvalue weighted by molar-refractivity contribution is 0.0699. The summed E-state index contributed by atoms with van der Waals surface area (Å²) < 4.78 is 14.0. The number of halogens is 2. The summed E-state index contributed by atoms with van der Waals surface area (Å²) in [6, 6.07) is 5.90. The highest BCUT2D eigenvalue weighted by molar-refractivity contribution is 6.36. The number of aromatic carboxylic acids is 1. The lowest BCUT2D eigenvalue weighted by Crippen LogP contribution is -1.97. The molecule has 0 saturated carbocycles. The molecule has 0 unspecified atom stereocenters. The lowest BCUT2D eigenvalue weighted by Gasteiger charge is -2.00. The maximum atomic E-state index is 14.0. The van der Waals surface area contributed by atoms with Crippen LogP contribution >= 0.6 is 11.6 Å². The molecular weight excluding hydrogens is 269 g/mol. The Balaban J connectivity index is 2.64. The van der Waals surface area contributed by atoms with Crippen molar-refractivity contribution in [2.24, 2.45) is 0 Å². The number of hydrogen-bond acceptors (Lipinski definition) is 1. The normalized spacial score (nSPS) is 11.3. The van der Waals surface area contributed by atoms with Crippen LogP contribution in [0.15, 0.2) is 24.3 Å². The van der Waals surface area contributed by atoms with E-state index in [2.05, 4.69) is 4.98 Å². The van der Waals surface area contributed by atoms with E-state index >= 15 is 0 Å². The number of rotatable bonds is 1. The molecule has 0 saturated heterocycles. The van der Waals surface area contributed by atoms with Gasteiger partial charge in [0.05, 0.1) is 21.6 Å². The first-order chi connectivity index (χ1) is 9.00. The molecule has 3 aromatic rings. The molecule has 0 fully saturated rings. The van der Waals surface area contributed by atoms with E-state index in [4.69, 9.17) is 16.7 Å². The lowest BCUT2D eigenvalue weighted by atomic mass is 10.0. The number of hydrogen-bond donors (Lipinski definition) is 2. The fraction of sp³-hybridized carbons (Fsp3) is 0.0714. The zero-order valence-electron chi connectivity index (χ0n) is 9.92. The Hall–Kier alpha value is -2.07. The minimum absolute atomic E-state index is 0.0306. The summed E-state index contributed by atoms with van der Waals surface area (Å²) in [7, 11) is 0. The van der Waals surface area contributed by atoms with Gasteiger partial charge in [0.2, 0.25) is 0 Å². The molecule has 2 N–H and O–H groups in total. The van der Waals surface area contributed by atoms with Gasteiger partial charge in [-0.1, -0.05) is 17.7 Å². The van der Waals surface area contributed by atoms with E-state index in [0.717, 1.165) is 5.56 Å². The Morgan fingerprint density at radius 2 is 1.95 bits per heavy atom. The van der Waals surface area contributed by atoms with E-state index in [9.17, 15) is 9.18 Å². The number of benzene rings is 2. The number of carboxylic acids is 1. The van der Waals surface area contributed by atoms with Crippen LogP contribution in [0.5, 0.6) is 0 Å². The molecule has 0 bridgehead atoms. The Morgan fingerprint density at radius 3 is 2.63 bits per heavy atom.